The molecule has 3 aromatic rings. The Balaban J connectivity index is 1.96. The molecule has 0 unspecified atom stereocenters. The van der Waals surface area contributed by atoms with E-state index < -0.39 is 15.9 Å². The van der Waals surface area contributed by atoms with Gasteiger partial charge in [0.2, 0.25) is 0 Å². The Morgan fingerprint density at radius 2 is 1.71 bits per heavy atom. The lowest BCUT2D eigenvalue weighted by Gasteiger charge is -2.12. The fourth-order valence-electron chi connectivity index (χ4n) is 2.79. The lowest BCUT2D eigenvalue weighted by molar-refractivity contribution is 0.202. The van der Waals surface area contributed by atoms with Crippen LogP contribution < -0.4 is 0 Å². The van der Waals surface area contributed by atoms with Gasteiger partial charge in [-0.3, -0.25) is 0 Å². The molecule has 4 nitrogen and oxygen atoms in total. The van der Waals surface area contributed by atoms with E-state index in [-0.39, 0.29) is 10.6 Å². The van der Waals surface area contributed by atoms with Crippen molar-refractivity contribution in [2.75, 3.05) is 5.75 Å². The first-order valence-electron chi connectivity index (χ1n) is 7.75. The Bertz CT molecular complexity index is 982. The summed E-state index contributed by atoms with van der Waals surface area (Å²) < 4.78 is 30.8. The molecule has 0 radical (unpaired) electrons. The van der Waals surface area contributed by atoms with Crippen molar-refractivity contribution in [1.82, 2.24) is 0 Å². The van der Waals surface area contributed by atoms with Crippen LogP contribution in [0.4, 0.5) is 0 Å². The van der Waals surface area contributed by atoms with Gasteiger partial charge in [0.25, 0.3) is 0 Å². The van der Waals surface area contributed by atoms with Gasteiger partial charge in [0, 0.05) is 10.9 Å². The van der Waals surface area contributed by atoms with Gasteiger partial charge in [-0.1, -0.05) is 35.9 Å². The summed E-state index contributed by atoms with van der Waals surface area (Å²) in [5.74, 6) is 0.389. The summed E-state index contributed by atoms with van der Waals surface area (Å²) in [6.45, 7) is 5.70. The largest absolute Gasteiger partial charge is 0.461 e. The van der Waals surface area contributed by atoms with Crippen LogP contribution in [-0.2, 0) is 9.84 Å². The van der Waals surface area contributed by atoms with Gasteiger partial charge in [-0.15, -0.1) is 0 Å². The van der Waals surface area contributed by atoms with Crippen LogP contribution in [0.1, 0.15) is 28.6 Å². The molecular formula is C19H20O4S. The monoisotopic (exact) mass is 344 g/mol. The lowest BCUT2D eigenvalue weighted by Crippen LogP contribution is -2.15. The molecule has 0 saturated heterocycles. The summed E-state index contributed by atoms with van der Waals surface area (Å²) >= 11 is 0. The highest BCUT2D eigenvalue weighted by molar-refractivity contribution is 7.91. The van der Waals surface area contributed by atoms with Crippen LogP contribution in [0.25, 0.3) is 11.0 Å². The quantitative estimate of drug-likeness (QED) is 0.780. The molecule has 5 heteroatoms. The first kappa shape index (κ1) is 16.7. The van der Waals surface area contributed by atoms with Crippen molar-refractivity contribution in [3.63, 3.8) is 0 Å². The molecule has 1 N–H and O–H groups in total. The minimum atomic E-state index is -3.59. The number of sulfone groups is 1. The topological polar surface area (TPSA) is 67.5 Å². The Labute approximate surface area is 141 Å². The SMILES string of the molecule is Cc1ccc(S(=O)(=O)C[C@@H](O)c2cccc3c(C)c(C)oc23)cc1. The molecule has 2 aromatic carbocycles. The van der Waals surface area contributed by atoms with Crippen molar-refractivity contribution in [3.05, 3.63) is 64.9 Å². The molecule has 1 aromatic heterocycles. The zero-order valence-corrected chi connectivity index (χ0v) is 14.7. The smallest absolute Gasteiger partial charge is 0.181 e. The minimum absolute atomic E-state index is 0.214. The molecule has 0 amide bonds. The van der Waals surface area contributed by atoms with Gasteiger partial charge in [-0.05, 0) is 38.5 Å². The number of aliphatic hydroxyl groups excluding tert-OH is 1. The zero-order valence-electron chi connectivity index (χ0n) is 13.9. The maximum absolute atomic E-state index is 12.5. The summed E-state index contributed by atoms with van der Waals surface area (Å²) in [5.41, 5.74) is 3.04. The Morgan fingerprint density at radius 3 is 2.38 bits per heavy atom. The maximum atomic E-state index is 12.5. The van der Waals surface area contributed by atoms with Crippen molar-refractivity contribution in [3.8, 4) is 0 Å². The van der Waals surface area contributed by atoms with Gasteiger partial charge in [0.1, 0.15) is 11.3 Å². The highest BCUT2D eigenvalue weighted by Crippen LogP contribution is 2.31. The Hall–Kier alpha value is -2.11. The molecular weight excluding hydrogens is 324 g/mol. The number of benzene rings is 2. The molecule has 0 aliphatic rings. The molecule has 0 bridgehead atoms. The van der Waals surface area contributed by atoms with Crippen LogP contribution in [0.15, 0.2) is 51.8 Å². The molecule has 3 rings (SSSR count). The average molecular weight is 344 g/mol. The number of rotatable bonds is 4. The van der Waals surface area contributed by atoms with Gasteiger partial charge >= 0.3 is 0 Å². The Morgan fingerprint density at radius 1 is 1.04 bits per heavy atom. The lowest BCUT2D eigenvalue weighted by atomic mass is 10.1. The normalized spacial score (nSPS) is 13.3. The third-order valence-corrected chi connectivity index (χ3v) is 6.09. The maximum Gasteiger partial charge on any atom is 0.181 e. The van der Waals surface area contributed by atoms with Gasteiger partial charge in [-0.2, -0.15) is 0 Å². The van der Waals surface area contributed by atoms with Gasteiger partial charge in [0.05, 0.1) is 16.8 Å². The number of fused-ring (bicyclic) bond motifs is 1. The fraction of sp³-hybridized carbons (Fsp3) is 0.263. The van der Waals surface area contributed by atoms with E-state index in [1.54, 1.807) is 36.4 Å². The summed E-state index contributed by atoms with van der Waals surface area (Å²) in [7, 11) is -3.59. The van der Waals surface area contributed by atoms with Crippen LogP contribution >= 0.6 is 0 Å². The number of furan rings is 1. The molecule has 0 saturated carbocycles. The summed E-state index contributed by atoms with van der Waals surface area (Å²) in [6.07, 6.45) is -1.15. The molecule has 24 heavy (non-hydrogen) atoms. The minimum Gasteiger partial charge on any atom is -0.461 e. The second-order valence-electron chi connectivity index (χ2n) is 6.12. The highest BCUT2D eigenvalue weighted by Gasteiger charge is 2.24. The van der Waals surface area contributed by atoms with Crippen LogP contribution in [-0.4, -0.2) is 19.3 Å². The van der Waals surface area contributed by atoms with E-state index in [0.29, 0.717) is 11.1 Å². The average Bonchev–Trinajstić information content (AvgIpc) is 2.82. The van der Waals surface area contributed by atoms with Crippen molar-refractivity contribution in [1.29, 1.82) is 0 Å². The van der Waals surface area contributed by atoms with Crippen molar-refractivity contribution < 1.29 is 17.9 Å². The molecule has 0 spiro atoms. The van der Waals surface area contributed by atoms with Crippen molar-refractivity contribution in [2.45, 2.75) is 31.8 Å². The summed E-state index contributed by atoms with van der Waals surface area (Å²) in [5, 5.41) is 11.4. The number of hydrogen-bond acceptors (Lipinski definition) is 4. The van der Waals surface area contributed by atoms with E-state index in [0.717, 1.165) is 22.3 Å². The van der Waals surface area contributed by atoms with Gasteiger partial charge in [-0.25, -0.2) is 8.42 Å². The first-order chi connectivity index (χ1) is 11.3. The predicted molar refractivity (Wildman–Crippen MR) is 93.9 cm³/mol. The van der Waals surface area contributed by atoms with Gasteiger partial charge in [0.15, 0.2) is 9.84 Å². The standard InChI is InChI=1S/C19H20O4S/c1-12-7-9-15(10-8-12)24(21,22)11-18(20)17-6-4-5-16-13(2)14(3)23-19(16)17/h4-10,18,20H,11H2,1-3H3/t18-/m1/s1. The van der Waals surface area contributed by atoms with E-state index in [2.05, 4.69) is 0 Å². The molecule has 0 aliphatic heterocycles. The fourth-order valence-corrected chi connectivity index (χ4v) is 4.12. The van der Waals surface area contributed by atoms with Crippen LogP contribution in [0.3, 0.4) is 0 Å². The number of aliphatic hydroxyl groups is 1. The molecule has 0 aliphatic carbocycles. The van der Waals surface area contributed by atoms with Crippen molar-refractivity contribution in [2.24, 2.45) is 0 Å². The summed E-state index contributed by atoms with van der Waals surface area (Å²) in [4.78, 5) is 0.214. The van der Waals surface area contributed by atoms with E-state index in [4.69, 9.17) is 4.42 Å². The molecule has 1 heterocycles. The van der Waals surface area contributed by atoms with E-state index in [1.807, 2.05) is 26.8 Å². The highest BCUT2D eigenvalue weighted by atomic mass is 32.2. The van der Waals surface area contributed by atoms with Crippen LogP contribution in [0.2, 0.25) is 0 Å². The molecule has 1 atom stereocenters. The Kier molecular flexibility index (Phi) is 4.24. The van der Waals surface area contributed by atoms with Crippen molar-refractivity contribution >= 4 is 20.8 Å². The van der Waals surface area contributed by atoms with E-state index in [9.17, 15) is 13.5 Å². The zero-order chi connectivity index (χ0) is 17.5. The van der Waals surface area contributed by atoms with Crippen LogP contribution in [0.5, 0.6) is 0 Å². The van der Waals surface area contributed by atoms with Crippen LogP contribution in [0, 0.1) is 20.8 Å². The first-order valence-corrected chi connectivity index (χ1v) is 9.41. The third kappa shape index (κ3) is 2.97. The van der Waals surface area contributed by atoms with Gasteiger partial charge < -0.3 is 9.52 Å². The van der Waals surface area contributed by atoms with E-state index in [1.165, 1.54) is 0 Å². The summed E-state index contributed by atoms with van der Waals surface area (Å²) in [6, 6.07) is 12.1. The third-order valence-electron chi connectivity index (χ3n) is 4.35. The molecule has 126 valence electrons. The second kappa shape index (κ2) is 6.07. The number of aryl methyl sites for hydroxylation is 3. The number of hydrogen-bond donors (Lipinski definition) is 1. The number of para-hydroxylation sites is 1. The predicted octanol–water partition coefficient (Wildman–Crippen LogP) is 3.87. The molecule has 0 fully saturated rings. The second-order valence-corrected chi connectivity index (χ2v) is 8.15. The van der Waals surface area contributed by atoms with E-state index >= 15 is 0 Å².